The van der Waals surface area contributed by atoms with Crippen molar-refractivity contribution in [3.8, 4) is 0 Å². The summed E-state index contributed by atoms with van der Waals surface area (Å²) < 4.78 is 0. The van der Waals surface area contributed by atoms with E-state index in [9.17, 15) is 5.11 Å². The van der Waals surface area contributed by atoms with Gasteiger partial charge in [-0.2, -0.15) is 0 Å². The molecule has 1 N–H and O–H groups in total. The molecule has 2 nitrogen and oxygen atoms in total. The summed E-state index contributed by atoms with van der Waals surface area (Å²) in [5, 5.41) is 9.52. The lowest BCUT2D eigenvalue weighted by atomic mass is 9.98. The van der Waals surface area contributed by atoms with Crippen LogP contribution in [-0.2, 0) is 6.42 Å². The molecule has 2 aromatic carbocycles. The van der Waals surface area contributed by atoms with Crippen LogP contribution < -0.4 is 0 Å². The number of rotatable bonds is 9. The first kappa shape index (κ1) is 20.7. The van der Waals surface area contributed by atoms with E-state index in [1.165, 1.54) is 27.8 Å². The predicted octanol–water partition coefficient (Wildman–Crippen LogP) is 5.23. The maximum atomic E-state index is 9.52. The second-order valence-corrected chi connectivity index (χ2v) is 7.09. The molecule has 0 aliphatic heterocycles. The van der Waals surface area contributed by atoms with E-state index >= 15 is 0 Å². The van der Waals surface area contributed by atoms with Gasteiger partial charge in [0.25, 0.3) is 0 Å². The van der Waals surface area contributed by atoms with Crippen molar-refractivity contribution >= 4 is 6.08 Å². The number of hydrogen-bond donors (Lipinski definition) is 1. The van der Waals surface area contributed by atoms with Crippen molar-refractivity contribution in [2.45, 2.75) is 27.2 Å². The number of allylic oxidation sites excluding steroid dienone is 1. The first-order chi connectivity index (χ1) is 12.9. The molecule has 0 fully saturated rings. The molecule has 0 heterocycles. The van der Waals surface area contributed by atoms with Gasteiger partial charge in [-0.1, -0.05) is 67.3 Å². The van der Waals surface area contributed by atoms with E-state index in [0.717, 1.165) is 17.7 Å². The normalized spacial score (nSPS) is 11.3. The van der Waals surface area contributed by atoms with Gasteiger partial charge >= 0.3 is 0 Å². The summed E-state index contributed by atoms with van der Waals surface area (Å²) in [5.74, 6) is 0. The fourth-order valence-corrected chi connectivity index (χ4v) is 3.22. The molecule has 142 valence electrons. The Morgan fingerprint density at radius 1 is 1.11 bits per heavy atom. The average Bonchev–Trinajstić information content (AvgIpc) is 2.65. The van der Waals surface area contributed by atoms with Crippen LogP contribution in [0, 0.1) is 20.8 Å². The SMILES string of the molecule is C=C/C(=C\c1cc(C)cc(C)c1C)CN(CCO)C(=C)Cc1ccccc1. The third kappa shape index (κ3) is 5.97. The topological polar surface area (TPSA) is 23.5 Å². The molecule has 0 bridgehead atoms. The largest absolute Gasteiger partial charge is 0.395 e. The number of nitrogens with zero attached hydrogens (tertiary/aromatic N) is 1. The Kier molecular flexibility index (Phi) is 7.63. The maximum Gasteiger partial charge on any atom is 0.0606 e. The van der Waals surface area contributed by atoms with Crippen molar-refractivity contribution in [1.82, 2.24) is 4.90 Å². The molecule has 27 heavy (non-hydrogen) atoms. The molecule has 0 amide bonds. The number of aliphatic hydroxyl groups excluding tert-OH is 1. The molecule has 2 aromatic rings. The summed E-state index contributed by atoms with van der Waals surface area (Å²) in [6.45, 7) is 16.0. The molecule has 0 atom stereocenters. The highest BCUT2D eigenvalue weighted by molar-refractivity contribution is 5.61. The van der Waals surface area contributed by atoms with Crippen molar-refractivity contribution in [2.24, 2.45) is 0 Å². The smallest absolute Gasteiger partial charge is 0.0606 e. The van der Waals surface area contributed by atoms with Crippen molar-refractivity contribution < 1.29 is 5.11 Å². The van der Waals surface area contributed by atoms with Crippen LogP contribution >= 0.6 is 0 Å². The van der Waals surface area contributed by atoms with Crippen LogP contribution in [-0.4, -0.2) is 29.7 Å². The molecule has 0 saturated carbocycles. The van der Waals surface area contributed by atoms with Crippen LogP contribution in [0.3, 0.4) is 0 Å². The van der Waals surface area contributed by atoms with Gasteiger partial charge in [0.1, 0.15) is 0 Å². The van der Waals surface area contributed by atoms with E-state index in [2.05, 4.69) is 69.2 Å². The monoisotopic (exact) mass is 361 g/mol. The summed E-state index contributed by atoms with van der Waals surface area (Å²) in [5.41, 5.74) is 8.40. The molecule has 0 spiro atoms. The zero-order valence-electron chi connectivity index (χ0n) is 16.8. The van der Waals surface area contributed by atoms with Crippen LogP contribution in [0.1, 0.15) is 27.8 Å². The minimum atomic E-state index is 0.0980. The Labute approximate surface area is 164 Å². The fourth-order valence-electron chi connectivity index (χ4n) is 3.22. The van der Waals surface area contributed by atoms with Gasteiger partial charge in [-0.05, 0) is 54.7 Å². The molecule has 2 rings (SSSR count). The number of hydrogen-bond acceptors (Lipinski definition) is 2. The lowest BCUT2D eigenvalue weighted by molar-refractivity contribution is 0.233. The van der Waals surface area contributed by atoms with Crippen molar-refractivity contribution in [1.29, 1.82) is 0 Å². The van der Waals surface area contributed by atoms with Gasteiger partial charge in [-0.25, -0.2) is 0 Å². The first-order valence-corrected chi connectivity index (χ1v) is 9.43. The zero-order chi connectivity index (χ0) is 19.8. The highest BCUT2D eigenvalue weighted by Crippen LogP contribution is 2.21. The van der Waals surface area contributed by atoms with Gasteiger partial charge < -0.3 is 10.0 Å². The van der Waals surface area contributed by atoms with E-state index in [4.69, 9.17) is 0 Å². The standard InChI is InChI=1S/C25H31NO/c1-6-23(17-25-15-19(2)14-20(3)22(25)5)18-26(12-13-27)21(4)16-24-10-8-7-9-11-24/h6-11,14-15,17,27H,1,4,12-13,16,18H2,2-3,5H3/b23-17+. The Hall–Kier alpha value is -2.58. The Morgan fingerprint density at radius 3 is 2.44 bits per heavy atom. The second-order valence-electron chi connectivity index (χ2n) is 7.09. The number of benzene rings is 2. The molecule has 0 aliphatic rings. The van der Waals surface area contributed by atoms with Gasteiger partial charge in [0.2, 0.25) is 0 Å². The van der Waals surface area contributed by atoms with E-state index in [1.807, 2.05) is 24.3 Å². The number of aryl methyl sites for hydroxylation is 2. The zero-order valence-corrected chi connectivity index (χ0v) is 16.8. The lowest BCUT2D eigenvalue weighted by Crippen LogP contribution is -2.28. The Balaban J connectivity index is 2.22. The highest BCUT2D eigenvalue weighted by atomic mass is 16.3. The average molecular weight is 362 g/mol. The van der Waals surface area contributed by atoms with E-state index in [1.54, 1.807) is 0 Å². The molecule has 0 radical (unpaired) electrons. The molecular weight excluding hydrogens is 330 g/mol. The third-order valence-corrected chi connectivity index (χ3v) is 4.90. The van der Waals surface area contributed by atoms with E-state index in [0.29, 0.717) is 13.1 Å². The minimum Gasteiger partial charge on any atom is -0.395 e. The van der Waals surface area contributed by atoms with Gasteiger partial charge in [0, 0.05) is 25.2 Å². The van der Waals surface area contributed by atoms with Crippen LogP contribution in [0.4, 0.5) is 0 Å². The lowest BCUT2D eigenvalue weighted by Gasteiger charge is -2.27. The summed E-state index contributed by atoms with van der Waals surface area (Å²) in [7, 11) is 0. The fraction of sp³-hybridized carbons (Fsp3) is 0.280. The van der Waals surface area contributed by atoms with Gasteiger partial charge in [-0.15, -0.1) is 0 Å². The minimum absolute atomic E-state index is 0.0980. The van der Waals surface area contributed by atoms with Crippen molar-refractivity contribution in [3.05, 3.63) is 101 Å². The highest BCUT2D eigenvalue weighted by Gasteiger charge is 2.10. The van der Waals surface area contributed by atoms with Crippen molar-refractivity contribution in [3.63, 3.8) is 0 Å². The number of aliphatic hydroxyl groups is 1. The van der Waals surface area contributed by atoms with Gasteiger partial charge in [-0.3, -0.25) is 0 Å². The molecule has 0 saturated heterocycles. The summed E-state index contributed by atoms with van der Waals surface area (Å²) >= 11 is 0. The van der Waals surface area contributed by atoms with Gasteiger partial charge in [0.15, 0.2) is 0 Å². The van der Waals surface area contributed by atoms with Gasteiger partial charge in [0.05, 0.1) is 6.61 Å². The quantitative estimate of drug-likeness (QED) is 0.618. The first-order valence-electron chi connectivity index (χ1n) is 9.43. The summed E-state index contributed by atoms with van der Waals surface area (Å²) in [4.78, 5) is 2.14. The second kappa shape index (κ2) is 9.94. The van der Waals surface area contributed by atoms with E-state index < -0.39 is 0 Å². The van der Waals surface area contributed by atoms with Crippen LogP contribution in [0.15, 0.2) is 73.0 Å². The van der Waals surface area contributed by atoms with E-state index in [-0.39, 0.29) is 6.61 Å². The Morgan fingerprint density at radius 2 is 1.81 bits per heavy atom. The molecule has 2 heteroatoms. The summed E-state index contributed by atoms with van der Waals surface area (Å²) in [6, 6.07) is 14.7. The van der Waals surface area contributed by atoms with Crippen LogP contribution in [0.5, 0.6) is 0 Å². The maximum absolute atomic E-state index is 9.52. The Bertz CT molecular complexity index is 818. The molecular formula is C25H31NO. The molecule has 0 aliphatic carbocycles. The summed E-state index contributed by atoms with van der Waals surface area (Å²) in [6.07, 6.45) is 4.87. The van der Waals surface area contributed by atoms with Crippen LogP contribution in [0.25, 0.3) is 6.08 Å². The van der Waals surface area contributed by atoms with Crippen LogP contribution in [0.2, 0.25) is 0 Å². The molecule has 0 aromatic heterocycles. The predicted molar refractivity (Wildman–Crippen MR) is 117 cm³/mol. The third-order valence-electron chi connectivity index (χ3n) is 4.90. The van der Waals surface area contributed by atoms with Crippen molar-refractivity contribution in [2.75, 3.05) is 19.7 Å². The molecule has 0 unspecified atom stereocenters.